The standard InChI is InChI=1S/C13H15BrN2O2/c1-9-2-3-11(12(14)8-9)13(17)16-6-4-10(15-18)5-7-16/h2-3,8,18H,4-7H2,1H3. The summed E-state index contributed by atoms with van der Waals surface area (Å²) >= 11 is 3.43. The molecule has 96 valence electrons. The molecule has 1 aromatic carbocycles. The number of amides is 1. The van der Waals surface area contributed by atoms with Crippen LogP contribution in [0.5, 0.6) is 0 Å². The maximum Gasteiger partial charge on any atom is 0.255 e. The molecule has 18 heavy (non-hydrogen) atoms. The van der Waals surface area contributed by atoms with E-state index in [0.29, 0.717) is 31.5 Å². The summed E-state index contributed by atoms with van der Waals surface area (Å²) < 4.78 is 0.828. The van der Waals surface area contributed by atoms with Crippen LogP contribution in [-0.2, 0) is 0 Å². The topological polar surface area (TPSA) is 52.9 Å². The minimum absolute atomic E-state index is 0.0267. The number of hydrogen-bond donors (Lipinski definition) is 1. The molecule has 0 aliphatic carbocycles. The van der Waals surface area contributed by atoms with Crippen molar-refractivity contribution >= 4 is 27.5 Å². The Bertz CT molecular complexity index is 490. The van der Waals surface area contributed by atoms with Gasteiger partial charge in [0.05, 0.1) is 11.3 Å². The smallest absolute Gasteiger partial charge is 0.255 e. The van der Waals surface area contributed by atoms with Crippen LogP contribution in [-0.4, -0.2) is 34.8 Å². The second-order valence-corrected chi connectivity index (χ2v) is 5.30. The summed E-state index contributed by atoms with van der Waals surface area (Å²) in [5.41, 5.74) is 2.57. The number of oxime groups is 1. The molecule has 1 aromatic rings. The van der Waals surface area contributed by atoms with Gasteiger partial charge in [0.25, 0.3) is 5.91 Å². The lowest BCUT2D eigenvalue weighted by atomic mass is 10.1. The zero-order valence-corrected chi connectivity index (χ0v) is 11.8. The monoisotopic (exact) mass is 310 g/mol. The number of carbonyl (C=O) groups excluding carboxylic acids is 1. The van der Waals surface area contributed by atoms with Gasteiger partial charge in [-0.3, -0.25) is 4.79 Å². The highest BCUT2D eigenvalue weighted by Gasteiger charge is 2.22. The van der Waals surface area contributed by atoms with E-state index in [-0.39, 0.29) is 5.91 Å². The highest BCUT2D eigenvalue weighted by molar-refractivity contribution is 9.10. The predicted molar refractivity (Wildman–Crippen MR) is 73.2 cm³/mol. The number of benzene rings is 1. The summed E-state index contributed by atoms with van der Waals surface area (Å²) in [6.45, 7) is 3.21. The first-order valence-electron chi connectivity index (χ1n) is 5.87. The fraction of sp³-hybridized carbons (Fsp3) is 0.385. The van der Waals surface area contributed by atoms with Crippen molar-refractivity contribution in [1.82, 2.24) is 4.90 Å². The number of carbonyl (C=O) groups is 1. The number of aryl methyl sites for hydroxylation is 1. The van der Waals surface area contributed by atoms with E-state index >= 15 is 0 Å². The quantitative estimate of drug-likeness (QED) is 0.640. The van der Waals surface area contributed by atoms with E-state index in [0.717, 1.165) is 15.7 Å². The lowest BCUT2D eigenvalue weighted by molar-refractivity contribution is 0.0753. The van der Waals surface area contributed by atoms with E-state index in [1.165, 1.54) is 0 Å². The van der Waals surface area contributed by atoms with Crippen molar-refractivity contribution in [3.05, 3.63) is 33.8 Å². The fourth-order valence-electron chi connectivity index (χ4n) is 2.03. The first-order valence-corrected chi connectivity index (χ1v) is 6.66. The van der Waals surface area contributed by atoms with Crippen molar-refractivity contribution in [2.75, 3.05) is 13.1 Å². The number of likely N-dealkylation sites (tertiary alicyclic amines) is 1. The van der Waals surface area contributed by atoms with Gasteiger partial charge in [0, 0.05) is 30.4 Å². The van der Waals surface area contributed by atoms with Crippen LogP contribution in [0.15, 0.2) is 27.8 Å². The minimum Gasteiger partial charge on any atom is -0.411 e. The lowest BCUT2D eigenvalue weighted by Gasteiger charge is -2.27. The van der Waals surface area contributed by atoms with Gasteiger partial charge in [-0.2, -0.15) is 0 Å². The molecule has 1 aliphatic rings. The summed E-state index contributed by atoms with van der Waals surface area (Å²) in [6.07, 6.45) is 1.29. The number of rotatable bonds is 1. The van der Waals surface area contributed by atoms with Gasteiger partial charge in [-0.1, -0.05) is 11.2 Å². The SMILES string of the molecule is Cc1ccc(C(=O)N2CCC(=NO)CC2)c(Br)c1. The second kappa shape index (κ2) is 5.52. The number of hydrogen-bond acceptors (Lipinski definition) is 3. The van der Waals surface area contributed by atoms with Gasteiger partial charge in [-0.15, -0.1) is 0 Å². The number of halogens is 1. The van der Waals surface area contributed by atoms with Crippen LogP contribution < -0.4 is 0 Å². The van der Waals surface area contributed by atoms with Crippen LogP contribution in [0.1, 0.15) is 28.8 Å². The average molecular weight is 311 g/mol. The lowest BCUT2D eigenvalue weighted by Crippen LogP contribution is -2.38. The molecule has 1 saturated heterocycles. The summed E-state index contributed by atoms with van der Waals surface area (Å²) in [7, 11) is 0. The van der Waals surface area contributed by atoms with Gasteiger partial charge < -0.3 is 10.1 Å². The van der Waals surface area contributed by atoms with E-state index in [1.54, 1.807) is 4.90 Å². The summed E-state index contributed by atoms with van der Waals surface area (Å²) in [6, 6.07) is 5.72. The van der Waals surface area contributed by atoms with Crippen molar-refractivity contribution < 1.29 is 10.0 Å². The maximum absolute atomic E-state index is 12.3. The zero-order chi connectivity index (χ0) is 13.1. The van der Waals surface area contributed by atoms with Crippen LogP contribution in [0.4, 0.5) is 0 Å². The van der Waals surface area contributed by atoms with Crippen molar-refractivity contribution in [3.63, 3.8) is 0 Å². The Morgan fingerprint density at radius 2 is 2.06 bits per heavy atom. The van der Waals surface area contributed by atoms with E-state index in [1.807, 2.05) is 25.1 Å². The molecule has 0 radical (unpaired) electrons. The normalized spacial score (nSPS) is 15.7. The van der Waals surface area contributed by atoms with Gasteiger partial charge in [0.2, 0.25) is 0 Å². The first-order chi connectivity index (χ1) is 8.61. The van der Waals surface area contributed by atoms with Gasteiger partial charge in [-0.25, -0.2) is 0 Å². The maximum atomic E-state index is 12.3. The third-order valence-corrected chi connectivity index (χ3v) is 3.78. The van der Waals surface area contributed by atoms with Gasteiger partial charge in [0.1, 0.15) is 0 Å². The fourth-order valence-corrected chi connectivity index (χ4v) is 2.69. The molecule has 2 rings (SSSR count). The molecular formula is C13H15BrN2O2. The van der Waals surface area contributed by atoms with Crippen LogP contribution in [0.3, 0.4) is 0 Å². The van der Waals surface area contributed by atoms with E-state index in [2.05, 4.69) is 21.1 Å². The van der Waals surface area contributed by atoms with E-state index in [9.17, 15) is 4.79 Å². The Morgan fingerprint density at radius 1 is 1.39 bits per heavy atom. The molecule has 0 bridgehead atoms. The molecule has 1 aliphatic heterocycles. The molecule has 1 heterocycles. The zero-order valence-electron chi connectivity index (χ0n) is 10.2. The van der Waals surface area contributed by atoms with Crippen molar-refractivity contribution in [1.29, 1.82) is 0 Å². The van der Waals surface area contributed by atoms with Crippen LogP contribution >= 0.6 is 15.9 Å². The highest BCUT2D eigenvalue weighted by Crippen LogP contribution is 2.21. The van der Waals surface area contributed by atoms with Crippen molar-refractivity contribution in [2.45, 2.75) is 19.8 Å². The first kappa shape index (κ1) is 13.1. The third-order valence-electron chi connectivity index (χ3n) is 3.12. The Hall–Kier alpha value is -1.36. The van der Waals surface area contributed by atoms with Crippen molar-refractivity contribution in [2.24, 2.45) is 5.16 Å². The highest BCUT2D eigenvalue weighted by atomic mass is 79.9. The van der Waals surface area contributed by atoms with Crippen molar-refractivity contribution in [3.8, 4) is 0 Å². The molecule has 0 aromatic heterocycles. The Balaban J connectivity index is 2.12. The largest absolute Gasteiger partial charge is 0.411 e. The Labute approximate surface area is 114 Å². The molecule has 1 amide bonds. The summed E-state index contributed by atoms with van der Waals surface area (Å²) in [5.74, 6) is 0.0267. The molecule has 5 heteroatoms. The average Bonchev–Trinajstić information content (AvgIpc) is 2.38. The number of piperidine rings is 1. The van der Waals surface area contributed by atoms with Crippen LogP contribution in [0.2, 0.25) is 0 Å². The summed E-state index contributed by atoms with van der Waals surface area (Å²) in [5, 5.41) is 11.9. The third kappa shape index (κ3) is 2.72. The van der Waals surface area contributed by atoms with Gasteiger partial charge in [-0.05, 0) is 40.5 Å². The Kier molecular flexibility index (Phi) is 4.01. The molecule has 0 saturated carbocycles. The summed E-state index contributed by atoms with van der Waals surface area (Å²) in [4.78, 5) is 14.1. The minimum atomic E-state index is 0.0267. The van der Waals surface area contributed by atoms with Gasteiger partial charge in [0.15, 0.2) is 0 Å². The molecule has 0 spiro atoms. The molecular weight excluding hydrogens is 296 g/mol. The second-order valence-electron chi connectivity index (χ2n) is 4.44. The van der Waals surface area contributed by atoms with Gasteiger partial charge >= 0.3 is 0 Å². The predicted octanol–water partition coefficient (Wildman–Crippen LogP) is 2.82. The Morgan fingerprint density at radius 3 is 2.61 bits per heavy atom. The molecule has 4 nitrogen and oxygen atoms in total. The van der Waals surface area contributed by atoms with Crippen LogP contribution in [0, 0.1) is 6.92 Å². The van der Waals surface area contributed by atoms with Crippen LogP contribution in [0.25, 0.3) is 0 Å². The number of nitrogens with zero attached hydrogens (tertiary/aromatic N) is 2. The van der Waals surface area contributed by atoms with E-state index < -0.39 is 0 Å². The molecule has 1 fully saturated rings. The molecule has 1 N–H and O–H groups in total. The molecule has 0 unspecified atom stereocenters. The molecule has 0 atom stereocenters. The van der Waals surface area contributed by atoms with E-state index in [4.69, 9.17) is 5.21 Å².